The summed E-state index contributed by atoms with van der Waals surface area (Å²) < 4.78 is 13.6. The Morgan fingerprint density at radius 1 is 1.20 bits per heavy atom. The Hall–Kier alpha value is -1.93. The van der Waals surface area contributed by atoms with Crippen molar-refractivity contribution in [2.24, 2.45) is 0 Å². The van der Waals surface area contributed by atoms with Crippen molar-refractivity contribution >= 4 is 23.5 Å². The van der Waals surface area contributed by atoms with Crippen LogP contribution in [0.2, 0.25) is 5.02 Å². The molecule has 0 spiro atoms. The Morgan fingerprint density at radius 2 is 1.95 bits per heavy atom. The number of rotatable bonds is 3. The molecule has 0 saturated heterocycles. The Bertz CT molecular complexity index is 669. The summed E-state index contributed by atoms with van der Waals surface area (Å²) in [4.78, 5) is 12.1. The summed E-state index contributed by atoms with van der Waals surface area (Å²) in [6, 6.07) is 10.0. The quantitative estimate of drug-likeness (QED) is 0.574. The zero-order valence-electron chi connectivity index (χ0n) is 11.3. The maximum Gasteiger partial charge on any atom is 0.186 e. The van der Waals surface area contributed by atoms with Gasteiger partial charge < -0.3 is 0 Å². The lowest BCUT2D eigenvalue weighted by molar-refractivity contribution is 0.104. The van der Waals surface area contributed by atoms with Crippen LogP contribution in [0, 0.1) is 19.7 Å². The highest BCUT2D eigenvalue weighted by Crippen LogP contribution is 2.21. The van der Waals surface area contributed by atoms with Crippen LogP contribution in [0.3, 0.4) is 0 Å². The molecular weight excluding hydrogens is 275 g/mol. The zero-order valence-corrected chi connectivity index (χ0v) is 12.0. The molecule has 0 N–H and O–H groups in total. The van der Waals surface area contributed by atoms with E-state index in [1.165, 1.54) is 24.3 Å². The molecule has 2 aromatic carbocycles. The monoisotopic (exact) mass is 288 g/mol. The van der Waals surface area contributed by atoms with Crippen LogP contribution in [0.15, 0.2) is 42.5 Å². The molecular formula is C17H14ClFO. The van der Waals surface area contributed by atoms with Crippen molar-refractivity contribution in [3.05, 3.63) is 75.6 Å². The molecule has 0 saturated carbocycles. The lowest BCUT2D eigenvalue weighted by atomic mass is 10.0. The maximum absolute atomic E-state index is 13.6. The first-order chi connectivity index (χ1) is 9.49. The second-order valence-corrected chi connectivity index (χ2v) is 5.06. The number of carbonyl (C=O) groups excluding carboxylic acids is 1. The molecule has 0 bridgehead atoms. The third kappa shape index (κ3) is 3.14. The summed E-state index contributed by atoms with van der Waals surface area (Å²) in [5, 5.41) is 0.287. The Morgan fingerprint density at radius 3 is 2.60 bits per heavy atom. The van der Waals surface area contributed by atoms with Crippen molar-refractivity contribution in [3.63, 3.8) is 0 Å². The summed E-state index contributed by atoms with van der Waals surface area (Å²) in [5.41, 5.74) is 2.84. The Labute approximate surface area is 122 Å². The average molecular weight is 289 g/mol. The van der Waals surface area contributed by atoms with Gasteiger partial charge in [0.05, 0.1) is 5.02 Å². The minimum Gasteiger partial charge on any atom is -0.289 e. The van der Waals surface area contributed by atoms with E-state index in [0.717, 1.165) is 11.1 Å². The molecule has 2 aromatic rings. The first-order valence-corrected chi connectivity index (χ1v) is 6.60. The number of carbonyl (C=O) groups is 1. The van der Waals surface area contributed by atoms with Crippen molar-refractivity contribution in [3.8, 4) is 0 Å². The second kappa shape index (κ2) is 6.02. The summed E-state index contributed by atoms with van der Waals surface area (Å²) in [6.45, 7) is 3.85. The molecule has 0 heterocycles. The molecule has 0 amide bonds. The summed E-state index contributed by atoms with van der Waals surface area (Å²) in [6.07, 6.45) is 2.77. The van der Waals surface area contributed by atoms with Gasteiger partial charge in [0.15, 0.2) is 5.78 Å². The van der Waals surface area contributed by atoms with Crippen LogP contribution in [0.5, 0.6) is 0 Å². The van der Waals surface area contributed by atoms with E-state index in [4.69, 9.17) is 11.6 Å². The predicted octanol–water partition coefficient (Wildman–Crippen LogP) is 4.99. The molecule has 0 aromatic heterocycles. The van der Waals surface area contributed by atoms with E-state index in [1.807, 2.05) is 26.0 Å². The van der Waals surface area contributed by atoms with E-state index in [0.29, 0.717) is 5.56 Å². The highest BCUT2D eigenvalue weighted by molar-refractivity contribution is 6.32. The molecule has 0 aliphatic rings. The molecule has 0 unspecified atom stereocenters. The van der Waals surface area contributed by atoms with Crippen LogP contribution in [0.4, 0.5) is 4.39 Å². The van der Waals surface area contributed by atoms with Crippen molar-refractivity contribution < 1.29 is 9.18 Å². The average Bonchev–Trinajstić information content (AvgIpc) is 2.37. The van der Waals surface area contributed by atoms with Gasteiger partial charge in [-0.1, -0.05) is 41.4 Å². The summed E-state index contributed by atoms with van der Waals surface area (Å²) >= 11 is 5.91. The fourth-order valence-corrected chi connectivity index (χ4v) is 2.23. The molecule has 3 heteroatoms. The van der Waals surface area contributed by atoms with Gasteiger partial charge in [-0.25, -0.2) is 4.39 Å². The van der Waals surface area contributed by atoms with Crippen LogP contribution >= 0.6 is 11.6 Å². The highest BCUT2D eigenvalue weighted by atomic mass is 35.5. The number of ketones is 1. The van der Waals surface area contributed by atoms with Crippen LogP contribution in [0.25, 0.3) is 6.08 Å². The van der Waals surface area contributed by atoms with E-state index < -0.39 is 5.82 Å². The number of benzene rings is 2. The molecule has 0 aliphatic carbocycles. The first kappa shape index (κ1) is 14.5. The fourth-order valence-electron chi connectivity index (χ4n) is 2.01. The molecule has 0 atom stereocenters. The largest absolute Gasteiger partial charge is 0.289 e. The Kier molecular flexibility index (Phi) is 4.35. The lowest BCUT2D eigenvalue weighted by Crippen LogP contribution is -1.98. The van der Waals surface area contributed by atoms with Crippen LogP contribution in [0.1, 0.15) is 27.0 Å². The standard InChI is InChI=1S/C17H14ClFO/c1-11-6-7-13(12(2)10-11)17(20)9-8-14-15(18)4-3-5-16(14)19/h3-10H,1-2H3. The van der Waals surface area contributed by atoms with E-state index in [9.17, 15) is 9.18 Å². The normalized spacial score (nSPS) is 11.0. The van der Waals surface area contributed by atoms with Gasteiger partial charge >= 0.3 is 0 Å². The van der Waals surface area contributed by atoms with E-state index in [-0.39, 0.29) is 16.4 Å². The first-order valence-electron chi connectivity index (χ1n) is 6.22. The lowest BCUT2D eigenvalue weighted by Gasteiger charge is -2.03. The van der Waals surface area contributed by atoms with E-state index >= 15 is 0 Å². The summed E-state index contributed by atoms with van der Waals surface area (Å²) in [5.74, 6) is -0.607. The molecule has 2 rings (SSSR count). The van der Waals surface area contributed by atoms with Gasteiger partial charge in [-0.2, -0.15) is 0 Å². The third-order valence-electron chi connectivity index (χ3n) is 3.05. The minimum absolute atomic E-state index is 0.165. The van der Waals surface area contributed by atoms with Crippen LogP contribution < -0.4 is 0 Å². The number of aryl methyl sites for hydroxylation is 2. The van der Waals surface area contributed by atoms with Gasteiger partial charge in [-0.15, -0.1) is 0 Å². The van der Waals surface area contributed by atoms with Crippen molar-refractivity contribution in [2.75, 3.05) is 0 Å². The number of allylic oxidation sites excluding steroid dienone is 1. The summed E-state index contributed by atoms with van der Waals surface area (Å²) in [7, 11) is 0. The number of hydrogen-bond donors (Lipinski definition) is 0. The third-order valence-corrected chi connectivity index (χ3v) is 3.38. The molecule has 0 aliphatic heterocycles. The maximum atomic E-state index is 13.6. The molecule has 102 valence electrons. The van der Waals surface area contributed by atoms with Gasteiger partial charge in [-0.05, 0) is 43.7 Å². The van der Waals surface area contributed by atoms with Gasteiger partial charge in [0.25, 0.3) is 0 Å². The smallest absolute Gasteiger partial charge is 0.186 e. The van der Waals surface area contributed by atoms with Gasteiger partial charge in [0.2, 0.25) is 0 Å². The van der Waals surface area contributed by atoms with Crippen molar-refractivity contribution in [2.45, 2.75) is 13.8 Å². The predicted molar refractivity (Wildman–Crippen MR) is 80.7 cm³/mol. The zero-order chi connectivity index (χ0) is 14.7. The fraction of sp³-hybridized carbons (Fsp3) is 0.118. The Balaban J connectivity index is 2.30. The van der Waals surface area contributed by atoms with Crippen molar-refractivity contribution in [1.82, 2.24) is 0 Å². The van der Waals surface area contributed by atoms with Crippen LogP contribution in [-0.4, -0.2) is 5.78 Å². The van der Waals surface area contributed by atoms with E-state index in [1.54, 1.807) is 12.1 Å². The SMILES string of the molecule is Cc1ccc(C(=O)C=Cc2c(F)cccc2Cl)c(C)c1. The highest BCUT2D eigenvalue weighted by Gasteiger charge is 2.07. The van der Waals surface area contributed by atoms with E-state index in [2.05, 4.69) is 0 Å². The van der Waals surface area contributed by atoms with Crippen LogP contribution in [-0.2, 0) is 0 Å². The molecule has 0 radical (unpaired) electrons. The number of hydrogen-bond acceptors (Lipinski definition) is 1. The molecule has 0 fully saturated rings. The molecule has 20 heavy (non-hydrogen) atoms. The topological polar surface area (TPSA) is 17.1 Å². The molecule has 1 nitrogen and oxygen atoms in total. The van der Waals surface area contributed by atoms with Gasteiger partial charge in [0, 0.05) is 11.1 Å². The van der Waals surface area contributed by atoms with Gasteiger partial charge in [0.1, 0.15) is 5.82 Å². The number of halogens is 2. The van der Waals surface area contributed by atoms with Gasteiger partial charge in [-0.3, -0.25) is 4.79 Å². The second-order valence-electron chi connectivity index (χ2n) is 4.65. The van der Waals surface area contributed by atoms with Crippen molar-refractivity contribution in [1.29, 1.82) is 0 Å². The minimum atomic E-state index is -0.442.